The van der Waals surface area contributed by atoms with Crippen molar-refractivity contribution in [1.29, 1.82) is 0 Å². The number of pyridine rings is 1. The van der Waals surface area contributed by atoms with Crippen molar-refractivity contribution in [2.75, 3.05) is 30.8 Å². The van der Waals surface area contributed by atoms with Gasteiger partial charge < -0.3 is 15.4 Å². The van der Waals surface area contributed by atoms with Gasteiger partial charge in [-0.25, -0.2) is 4.98 Å². The van der Waals surface area contributed by atoms with Gasteiger partial charge in [0, 0.05) is 11.7 Å². The van der Waals surface area contributed by atoms with Gasteiger partial charge in [0.05, 0.1) is 30.8 Å². The van der Waals surface area contributed by atoms with Gasteiger partial charge in [-0.2, -0.15) is 5.10 Å². The van der Waals surface area contributed by atoms with Gasteiger partial charge in [0.25, 0.3) is 0 Å². The van der Waals surface area contributed by atoms with Crippen LogP contribution in [0.3, 0.4) is 0 Å². The van der Waals surface area contributed by atoms with Crippen molar-refractivity contribution in [2.45, 2.75) is 38.8 Å². The fourth-order valence-electron chi connectivity index (χ4n) is 3.90. The first kappa shape index (κ1) is 20.2. The smallest absolute Gasteiger partial charge is 0.238 e. The molecule has 0 saturated carbocycles. The maximum Gasteiger partial charge on any atom is 0.238 e. The number of benzene rings is 1. The Kier molecular flexibility index (Phi) is 5.85. The molecule has 1 aromatic carbocycles. The van der Waals surface area contributed by atoms with E-state index in [2.05, 4.69) is 45.6 Å². The second kappa shape index (κ2) is 8.71. The van der Waals surface area contributed by atoms with Crippen molar-refractivity contribution >= 4 is 28.4 Å². The van der Waals surface area contributed by atoms with Crippen LogP contribution in [0.4, 0.5) is 11.5 Å². The quantitative estimate of drug-likeness (QED) is 0.553. The number of fused-ring (bicyclic) bond motifs is 1. The number of amides is 1. The molecule has 0 radical (unpaired) electrons. The Balaban J connectivity index is 1.44. The molecule has 0 aliphatic carbocycles. The van der Waals surface area contributed by atoms with Gasteiger partial charge in [-0.05, 0) is 69.6 Å². The molecule has 1 fully saturated rings. The molecule has 1 amide bonds. The van der Waals surface area contributed by atoms with Crippen molar-refractivity contribution in [3.63, 3.8) is 0 Å². The predicted octanol–water partition coefficient (Wildman–Crippen LogP) is 3.56. The molecule has 8 heteroatoms. The standard InChI is InChI=1S/C22H28N6O2/c1-14(2)23-21-17-10-11-18(25-22(17)27-26-21)19-5-4-12-28(19)13-20(29)24-15-6-8-16(30-3)9-7-15/h6-11,14,19H,4-5,12-13H2,1-3H3,(H,24,29)(H2,23,25,26,27)/t19-/m1/s1. The first-order valence-corrected chi connectivity index (χ1v) is 10.3. The number of hydrogen-bond donors (Lipinski definition) is 3. The highest BCUT2D eigenvalue weighted by Gasteiger charge is 2.29. The van der Waals surface area contributed by atoms with Gasteiger partial charge in [0.2, 0.25) is 5.91 Å². The molecule has 30 heavy (non-hydrogen) atoms. The van der Waals surface area contributed by atoms with Crippen molar-refractivity contribution < 1.29 is 9.53 Å². The first-order valence-electron chi connectivity index (χ1n) is 10.3. The monoisotopic (exact) mass is 408 g/mol. The number of rotatable bonds is 7. The summed E-state index contributed by atoms with van der Waals surface area (Å²) in [4.78, 5) is 19.6. The van der Waals surface area contributed by atoms with Gasteiger partial charge in [0.15, 0.2) is 11.5 Å². The third kappa shape index (κ3) is 4.38. The second-order valence-electron chi connectivity index (χ2n) is 7.91. The molecule has 3 aromatic rings. The Morgan fingerprint density at radius 3 is 2.80 bits per heavy atom. The molecular weight excluding hydrogens is 380 g/mol. The topological polar surface area (TPSA) is 95.2 Å². The Hall–Kier alpha value is -3.13. The summed E-state index contributed by atoms with van der Waals surface area (Å²) in [5, 5.41) is 14.6. The molecule has 8 nitrogen and oxygen atoms in total. The summed E-state index contributed by atoms with van der Waals surface area (Å²) in [6.45, 7) is 5.37. The Morgan fingerprint density at radius 2 is 2.07 bits per heavy atom. The molecule has 1 atom stereocenters. The lowest BCUT2D eigenvalue weighted by Crippen LogP contribution is -2.33. The van der Waals surface area contributed by atoms with Crippen LogP contribution in [0.15, 0.2) is 36.4 Å². The molecule has 0 bridgehead atoms. The summed E-state index contributed by atoms with van der Waals surface area (Å²) in [5.74, 6) is 1.55. The van der Waals surface area contributed by atoms with E-state index in [0.717, 1.165) is 53.4 Å². The van der Waals surface area contributed by atoms with Crippen LogP contribution in [0, 0.1) is 0 Å². The summed E-state index contributed by atoms with van der Waals surface area (Å²) in [7, 11) is 1.62. The number of aromatic amines is 1. The fraction of sp³-hybridized carbons (Fsp3) is 0.409. The van der Waals surface area contributed by atoms with Gasteiger partial charge in [-0.1, -0.05) is 0 Å². The van der Waals surface area contributed by atoms with E-state index >= 15 is 0 Å². The first-order chi connectivity index (χ1) is 14.5. The molecule has 1 aliphatic heterocycles. The van der Waals surface area contributed by atoms with Crippen molar-refractivity contribution in [3.8, 4) is 5.75 Å². The molecule has 3 N–H and O–H groups in total. The average molecular weight is 409 g/mol. The number of carbonyl (C=O) groups excluding carboxylic acids is 1. The van der Waals surface area contributed by atoms with Crippen LogP contribution in [-0.4, -0.2) is 52.2 Å². The van der Waals surface area contributed by atoms with E-state index in [0.29, 0.717) is 12.6 Å². The Labute approximate surface area is 176 Å². The van der Waals surface area contributed by atoms with E-state index in [1.165, 1.54) is 0 Å². The summed E-state index contributed by atoms with van der Waals surface area (Å²) >= 11 is 0. The maximum absolute atomic E-state index is 12.6. The molecule has 0 spiro atoms. The van der Waals surface area contributed by atoms with Crippen molar-refractivity contribution in [3.05, 3.63) is 42.1 Å². The number of carbonyl (C=O) groups is 1. The molecule has 0 unspecified atom stereocenters. The minimum atomic E-state index is -0.0295. The average Bonchev–Trinajstić information content (AvgIpc) is 3.35. The van der Waals surface area contributed by atoms with E-state index in [1.807, 2.05) is 30.3 Å². The van der Waals surface area contributed by atoms with Crippen LogP contribution in [-0.2, 0) is 4.79 Å². The minimum absolute atomic E-state index is 0.0295. The Morgan fingerprint density at radius 1 is 1.27 bits per heavy atom. The van der Waals surface area contributed by atoms with Crippen LogP contribution in [0.25, 0.3) is 11.0 Å². The number of H-pyrrole nitrogens is 1. The molecule has 4 rings (SSSR count). The lowest BCUT2D eigenvalue weighted by atomic mass is 10.1. The van der Waals surface area contributed by atoms with E-state index in [1.54, 1.807) is 7.11 Å². The molecule has 2 aromatic heterocycles. The summed E-state index contributed by atoms with van der Waals surface area (Å²) in [6.07, 6.45) is 2.03. The Bertz CT molecular complexity index is 1010. The molecular formula is C22H28N6O2. The van der Waals surface area contributed by atoms with Crippen molar-refractivity contribution in [1.82, 2.24) is 20.1 Å². The van der Waals surface area contributed by atoms with E-state index in [9.17, 15) is 4.79 Å². The third-order valence-corrected chi connectivity index (χ3v) is 5.30. The summed E-state index contributed by atoms with van der Waals surface area (Å²) < 4.78 is 5.16. The molecule has 1 aliphatic rings. The van der Waals surface area contributed by atoms with Crippen molar-refractivity contribution in [2.24, 2.45) is 0 Å². The van der Waals surface area contributed by atoms with Gasteiger partial charge >= 0.3 is 0 Å². The van der Waals surface area contributed by atoms with E-state index in [-0.39, 0.29) is 11.9 Å². The van der Waals surface area contributed by atoms with Crippen LogP contribution in [0.5, 0.6) is 5.75 Å². The van der Waals surface area contributed by atoms with Gasteiger partial charge in [-0.15, -0.1) is 0 Å². The van der Waals surface area contributed by atoms with Crippen LogP contribution in [0.1, 0.15) is 38.4 Å². The SMILES string of the molecule is COc1ccc(NC(=O)CN2CCC[C@@H]2c2ccc3c(NC(C)C)n[nH]c3n2)cc1. The van der Waals surface area contributed by atoms with Crippen LogP contribution >= 0.6 is 0 Å². The zero-order valence-electron chi connectivity index (χ0n) is 17.6. The van der Waals surface area contributed by atoms with Gasteiger partial charge in [-0.3, -0.25) is 14.8 Å². The number of anilines is 2. The number of methoxy groups -OCH3 is 1. The number of aromatic nitrogens is 3. The van der Waals surface area contributed by atoms with Crippen LogP contribution in [0.2, 0.25) is 0 Å². The molecule has 3 heterocycles. The van der Waals surface area contributed by atoms with E-state index < -0.39 is 0 Å². The summed E-state index contributed by atoms with van der Waals surface area (Å²) in [6, 6.07) is 11.9. The third-order valence-electron chi connectivity index (χ3n) is 5.30. The lowest BCUT2D eigenvalue weighted by molar-refractivity contribution is -0.117. The molecule has 1 saturated heterocycles. The minimum Gasteiger partial charge on any atom is -0.497 e. The predicted molar refractivity (Wildman–Crippen MR) is 118 cm³/mol. The maximum atomic E-state index is 12.6. The highest BCUT2D eigenvalue weighted by atomic mass is 16.5. The largest absolute Gasteiger partial charge is 0.497 e. The van der Waals surface area contributed by atoms with E-state index in [4.69, 9.17) is 9.72 Å². The zero-order valence-corrected chi connectivity index (χ0v) is 17.6. The number of nitrogens with zero attached hydrogens (tertiary/aromatic N) is 3. The normalized spacial score (nSPS) is 16.9. The number of likely N-dealkylation sites (tertiary alicyclic amines) is 1. The number of ether oxygens (including phenoxy) is 1. The van der Waals surface area contributed by atoms with Gasteiger partial charge in [0.1, 0.15) is 5.75 Å². The molecule has 158 valence electrons. The lowest BCUT2D eigenvalue weighted by Gasteiger charge is -2.23. The fourth-order valence-corrected chi connectivity index (χ4v) is 3.90. The number of nitrogens with one attached hydrogen (secondary N) is 3. The number of hydrogen-bond acceptors (Lipinski definition) is 6. The highest BCUT2D eigenvalue weighted by molar-refractivity contribution is 5.92. The second-order valence-corrected chi connectivity index (χ2v) is 7.91. The summed E-state index contributed by atoms with van der Waals surface area (Å²) in [5.41, 5.74) is 2.50. The highest BCUT2D eigenvalue weighted by Crippen LogP contribution is 2.32. The zero-order chi connectivity index (χ0) is 21.1. The van der Waals surface area contributed by atoms with Crippen LogP contribution < -0.4 is 15.4 Å².